The van der Waals surface area contributed by atoms with Crippen molar-refractivity contribution in [2.24, 2.45) is 5.41 Å². The van der Waals surface area contributed by atoms with Gasteiger partial charge in [0.25, 0.3) is 0 Å². The summed E-state index contributed by atoms with van der Waals surface area (Å²) in [6, 6.07) is 0.921. The van der Waals surface area contributed by atoms with Crippen molar-refractivity contribution in [1.29, 1.82) is 0 Å². The minimum absolute atomic E-state index is 0.00700. The fourth-order valence-corrected chi connectivity index (χ4v) is 5.26. The van der Waals surface area contributed by atoms with Crippen molar-refractivity contribution in [2.75, 3.05) is 37.6 Å². The molecule has 1 aliphatic carbocycles. The number of alkyl halides is 6. The van der Waals surface area contributed by atoms with Crippen molar-refractivity contribution in [2.45, 2.75) is 63.5 Å². The maximum Gasteiger partial charge on any atom is 0.417 e. The van der Waals surface area contributed by atoms with Crippen LogP contribution in [0.2, 0.25) is 0 Å². The van der Waals surface area contributed by atoms with E-state index in [4.69, 9.17) is 0 Å². The Balaban J connectivity index is 1.34. The van der Waals surface area contributed by atoms with Gasteiger partial charge in [-0.25, -0.2) is 0 Å². The molecule has 2 heterocycles. The van der Waals surface area contributed by atoms with Crippen LogP contribution in [0.5, 0.6) is 0 Å². The van der Waals surface area contributed by atoms with E-state index in [2.05, 4.69) is 0 Å². The summed E-state index contributed by atoms with van der Waals surface area (Å²) in [7, 11) is 0. The third-order valence-electron chi connectivity index (χ3n) is 7.74. The SMILES string of the molecule is CC1C(=O)N(CCCC(=O)N2CCC3(CC3)C(O)C2)CCN1c1ccc(C(F)(F)F)c(C(F)(F)F)c1. The maximum absolute atomic E-state index is 13.3. The van der Waals surface area contributed by atoms with Crippen LogP contribution in [0.4, 0.5) is 32.0 Å². The summed E-state index contributed by atoms with van der Waals surface area (Å²) in [5.41, 5.74) is -3.67. The number of rotatable bonds is 5. The van der Waals surface area contributed by atoms with Gasteiger partial charge in [-0.3, -0.25) is 9.59 Å². The normalized spacial score (nSPS) is 24.4. The highest BCUT2D eigenvalue weighted by Gasteiger charge is 2.51. The van der Waals surface area contributed by atoms with Gasteiger partial charge in [0.1, 0.15) is 6.04 Å². The number of nitrogens with zero attached hydrogens (tertiary/aromatic N) is 3. The Morgan fingerprint density at radius 1 is 1.03 bits per heavy atom. The summed E-state index contributed by atoms with van der Waals surface area (Å²) in [6.07, 6.45) is -7.49. The van der Waals surface area contributed by atoms with Crippen LogP contribution in [-0.2, 0) is 21.9 Å². The van der Waals surface area contributed by atoms with Crippen molar-refractivity contribution >= 4 is 17.5 Å². The van der Waals surface area contributed by atoms with Crippen LogP contribution in [0, 0.1) is 5.41 Å². The molecular formula is C24H29F6N3O3. The number of piperidine rings is 1. The second kappa shape index (κ2) is 9.42. The van der Waals surface area contributed by atoms with E-state index in [1.165, 1.54) is 16.7 Å². The zero-order chi connectivity index (χ0) is 26.5. The molecule has 0 radical (unpaired) electrons. The molecule has 2 unspecified atom stereocenters. The molecule has 2 aliphatic heterocycles. The van der Waals surface area contributed by atoms with Crippen LogP contribution < -0.4 is 4.90 Å². The monoisotopic (exact) mass is 521 g/mol. The molecule has 36 heavy (non-hydrogen) atoms. The van der Waals surface area contributed by atoms with Crippen molar-refractivity contribution in [3.8, 4) is 0 Å². The first-order valence-corrected chi connectivity index (χ1v) is 12.0. The molecule has 2 amide bonds. The van der Waals surface area contributed by atoms with Crippen LogP contribution in [-0.4, -0.2) is 71.6 Å². The minimum Gasteiger partial charge on any atom is -0.391 e. The molecule has 12 heteroatoms. The van der Waals surface area contributed by atoms with Crippen LogP contribution in [0.15, 0.2) is 18.2 Å². The number of amides is 2. The number of aliphatic hydroxyl groups is 1. The summed E-state index contributed by atoms with van der Waals surface area (Å²) in [4.78, 5) is 29.9. The highest BCUT2D eigenvalue weighted by atomic mass is 19.4. The summed E-state index contributed by atoms with van der Waals surface area (Å²) < 4.78 is 79.2. The average molecular weight is 522 g/mol. The molecule has 3 fully saturated rings. The number of benzene rings is 1. The van der Waals surface area contributed by atoms with E-state index < -0.39 is 35.6 Å². The molecular weight excluding hydrogens is 492 g/mol. The van der Waals surface area contributed by atoms with Crippen molar-refractivity contribution in [3.05, 3.63) is 29.3 Å². The zero-order valence-electron chi connectivity index (χ0n) is 19.8. The zero-order valence-corrected chi connectivity index (χ0v) is 19.8. The largest absolute Gasteiger partial charge is 0.417 e. The highest BCUT2D eigenvalue weighted by molar-refractivity contribution is 5.86. The molecule has 2 atom stereocenters. The Kier molecular flexibility index (Phi) is 6.95. The number of hydrogen-bond acceptors (Lipinski definition) is 4. The van der Waals surface area contributed by atoms with E-state index in [1.807, 2.05) is 0 Å². The van der Waals surface area contributed by atoms with E-state index in [9.17, 15) is 41.0 Å². The van der Waals surface area contributed by atoms with Gasteiger partial charge in [-0.2, -0.15) is 26.3 Å². The number of aliphatic hydroxyl groups excluding tert-OH is 1. The van der Waals surface area contributed by atoms with Crippen LogP contribution in [0.3, 0.4) is 0 Å². The lowest BCUT2D eigenvalue weighted by Crippen LogP contribution is -2.56. The Morgan fingerprint density at radius 2 is 1.69 bits per heavy atom. The van der Waals surface area contributed by atoms with E-state index in [0.717, 1.165) is 25.3 Å². The van der Waals surface area contributed by atoms with Crippen molar-refractivity contribution in [1.82, 2.24) is 9.80 Å². The summed E-state index contributed by atoms with van der Waals surface area (Å²) in [6.45, 7) is 3.02. The standard InChI is InChI=1S/C24H29F6N3O3/c1-15-21(36)31(9-2-3-20(35)32-10-8-22(6-7-22)19(34)14-32)11-12-33(15)16-4-5-17(23(25,26)27)18(13-16)24(28,29)30/h4-5,13,15,19,34H,2-3,6-12,14H2,1H3. The second-order valence-corrected chi connectivity index (χ2v) is 9.99. The number of β-amino-alcohol motifs (C(OH)–C–C–N with tert-alkyl or cyclic N) is 1. The van der Waals surface area contributed by atoms with E-state index >= 15 is 0 Å². The maximum atomic E-state index is 13.3. The van der Waals surface area contributed by atoms with Gasteiger partial charge in [0, 0.05) is 44.8 Å². The third kappa shape index (κ3) is 5.28. The van der Waals surface area contributed by atoms with Crippen LogP contribution in [0.1, 0.15) is 50.2 Å². The smallest absolute Gasteiger partial charge is 0.391 e. The van der Waals surface area contributed by atoms with Gasteiger partial charge in [0.2, 0.25) is 11.8 Å². The molecule has 1 aromatic carbocycles. The first-order chi connectivity index (χ1) is 16.7. The third-order valence-corrected chi connectivity index (χ3v) is 7.74. The minimum atomic E-state index is -5.20. The fraction of sp³-hybridized carbons (Fsp3) is 0.667. The lowest BCUT2D eigenvalue weighted by molar-refractivity contribution is -0.162. The predicted molar refractivity (Wildman–Crippen MR) is 118 cm³/mol. The van der Waals surface area contributed by atoms with Gasteiger partial charge in [0.05, 0.1) is 17.2 Å². The van der Waals surface area contributed by atoms with Gasteiger partial charge in [0.15, 0.2) is 0 Å². The molecule has 1 spiro atoms. The quantitative estimate of drug-likeness (QED) is 0.597. The molecule has 3 aliphatic rings. The van der Waals surface area contributed by atoms with Gasteiger partial charge in [-0.1, -0.05) is 0 Å². The molecule has 0 aromatic heterocycles. The van der Waals surface area contributed by atoms with Crippen LogP contribution >= 0.6 is 0 Å². The van der Waals surface area contributed by atoms with Gasteiger partial charge in [-0.05, 0) is 56.2 Å². The Hall–Kier alpha value is -2.50. The van der Waals surface area contributed by atoms with Gasteiger partial charge >= 0.3 is 12.4 Å². The summed E-state index contributed by atoms with van der Waals surface area (Å²) in [5, 5.41) is 10.3. The average Bonchev–Trinajstić information content (AvgIpc) is 3.57. The Morgan fingerprint density at radius 3 is 2.28 bits per heavy atom. The molecule has 2 saturated heterocycles. The molecule has 0 bridgehead atoms. The molecule has 1 saturated carbocycles. The number of carbonyl (C=O) groups excluding carboxylic acids is 2. The Labute approximate surface area is 204 Å². The summed E-state index contributed by atoms with van der Waals surface area (Å²) >= 11 is 0. The molecule has 1 N–H and O–H groups in total. The Bertz CT molecular complexity index is 1010. The van der Waals surface area contributed by atoms with Gasteiger partial charge in [-0.15, -0.1) is 0 Å². The van der Waals surface area contributed by atoms with Crippen molar-refractivity contribution < 1.29 is 41.0 Å². The number of halogens is 6. The number of anilines is 1. The van der Waals surface area contributed by atoms with E-state index in [-0.39, 0.29) is 49.0 Å². The van der Waals surface area contributed by atoms with Gasteiger partial charge < -0.3 is 19.8 Å². The number of piperazine rings is 1. The summed E-state index contributed by atoms with van der Waals surface area (Å²) in [5.74, 6) is -0.459. The van der Waals surface area contributed by atoms with E-state index in [1.54, 1.807) is 4.90 Å². The lowest BCUT2D eigenvalue weighted by atomic mass is 9.90. The second-order valence-electron chi connectivity index (χ2n) is 9.99. The topological polar surface area (TPSA) is 64.1 Å². The fourth-order valence-electron chi connectivity index (χ4n) is 5.26. The first-order valence-electron chi connectivity index (χ1n) is 12.0. The lowest BCUT2D eigenvalue weighted by Gasteiger charge is -2.41. The molecule has 6 nitrogen and oxygen atoms in total. The molecule has 4 rings (SSSR count). The molecule has 1 aromatic rings. The first kappa shape index (κ1) is 26.6. The number of carbonyl (C=O) groups is 2. The number of hydrogen-bond donors (Lipinski definition) is 1. The highest BCUT2D eigenvalue weighted by Crippen LogP contribution is 2.53. The number of likely N-dealkylation sites (tertiary alicyclic amines) is 1. The van der Waals surface area contributed by atoms with Crippen LogP contribution in [0.25, 0.3) is 0 Å². The van der Waals surface area contributed by atoms with Crippen molar-refractivity contribution in [3.63, 3.8) is 0 Å². The predicted octanol–water partition coefficient (Wildman–Crippen LogP) is 3.91. The van der Waals surface area contributed by atoms with E-state index in [0.29, 0.717) is 31.6 Å². The molecule has 200 valence electrons.